The molecule has 0 unspecified atom stereocenters. The van der Waals surface area contributed by atoms with Gasteiger partial charge in [-0.15, -0.1) is 0 Å². The number of carbonyl (C=O) groups is 2. The van der Waals surface area contributed by atoms with Gasteiger partial charge in [-0.2, -0.15) is 13.2 Å². The van der Waals surface area contributed by atoms with Crippen molar-refractivity contribution in [3.05, 3.63) is 53.7 Å². The summed E-state index contributed by atoms with van der Waals surface area (Å²) in [4.78, 5) is 34.5. The number of imidazole rings is 1. The van der Waals surface area contributed by atoms with Crippen LogP contribution in [0.1, 0.15) is 55.5 Å². The predicted octanol–water partition coefficient (Wildman–Crippen LogP) is 4.73. The van der Waals surface area contributed by atoms with E-state index in [0.717, 1.165) is 17.8 Å². The molecule has 4 rings (SSSR count). The van der Waals surface area contributed by atoms with Crippen LogP contribution in [0.2, 0.25) is 0 Å². The molecule has 0 atom stereocenters. The van der Waals surface area contributed by atoms with E-state index in [2.05, 4.69) is 15.3 Å². The molecule has 3 aromatic heterocycles. The number of halogens is 3. The third-order valence-electron chi connectivity index (χ3n) is 5.35. The number of ether oxygens (including phenoxy) is 2. The third-order valence-corrected chi connectivity index (χ3v) is 5.35. The molecule has 0 saturated carbocycles. The van der Waals surface area contributed by atoms with E-state index >= 15 is 0 Å². The van der Waals surface area contributed by atoms with Gasteiger partial charge in [-0.05, 0) is 39.8 Å². The van der Waals surface area contributed by atoms with Crippen LogP contribution >= 0.6 is 0 Å². The number of likely N-dealkylation sites (tertiary alicyclic amines) is 1. The zero-order valence-electron chi connectivity index (χ0n) is 20.2. The van der Waals surface area contributed by atoms with Crippen molar-refractivity contribution in [2.24, 2.45) is 0 Å². The van der Waals surface area contributed by atoms with Crippen molar-refractivity contribution in [1.29, 1.82) is 0 Å². The summed E-state index contributed by atoms with van der Waals surface area (Å²) in [5, 5.41) is 2.58. The van der Waals surface area contributed by atoms with Crippen LogP contribution in [-0.2, 0) is 10.9 Å². The van der Waals surface area contributed by atoms with Crippen LogP contribution in [0.3, 0.4) is 0 Å². The molecule has 0 radical (unpaired) electrons. The number of hydrogen-bond donors (Lipinski definition) is 1. The number of amides is 2. The smallest absolute Gasteiger partial charge is 0.433 e. The van der Waals surface area contributed by atoms with Crippen LogP contribution in [0, 0.1) is 0 Å². The Morgan fingerprint density at radius 2 is 1.86 bits per heavy atom. The molecule has 9 nitrogen and oxygen atoms in total. The van der Waals surface area contributed by atoms with Gasteiger partial charge in [-0.1, -0.05) is 6.07 Å². The molecule has 1 fully saturated rings. The number of fused-ring (bicyclic) bond motifs is 1. The fraction of sp³-hybridized carbons (Fsp3) is 0.417. The summed E-state index contributed by atoms with van der Waals surface area (Å²) >= 11 is 0. The van der Waals surface area contributed by atoms with Crippen molar-refractivity contribution < 1.29 is 32.2 Å². The molecule has 2 amide bonds. The number of hydrogen-bond acceptors (Lipinski definition) is 6. The zero-order chi connectivity index (χ0) is 26.3. The van der Waals surface area contributed by atoms with Gasteiger partial charge in [-0.3, -0.25) is 4.79 Å². The van der Waals surface area contributed by atoms with Gasteiger partial charge in [0.25, 0.3) is 5.91 Å². The van der Waals surface area contributed by atoms with Crippen molar-refractivity contribution >= 4 is 23.3 Å². The summed E-state index contributed by atoms with van der Waals surface area (Å²) < 4.78 is 51.6. The number of nitrogens with zero attached hydrogens (tertiary/aromatic N) is 4. The van der Waals surface area contributed by atoms with Crippen LogP contribution < -0.4 is 10.1 Å². The quantitative estimate of drug-likeness (QED) is 0.538. The van der Waals surface area contributed by atoms with Crippen LogP contribution in [0.15, 0.2) is 36.7 Å². The number of rotatable bonds is 5. The van der Waals surface area contributed by atoms with E-state index in [1.54, 1.807) is 55.5 Å². The minimum absolute atomic E-state index is 0.0142. The van der Waals surface area contributed by atoms with E-state index < -0.39 is 23.4 Å². The number of pyridine rings is 2. The first-order valence-electron chi connectivity index (χ1n) is 11.3. The normalized spacial score (nSPS) is 14.5. The fourth-order valence-electron chi connectivity index (χ4n) is 3.65. The molecule has 1 aliphatic rings. The van der Waals surface area contributed by atoms with Crippen molar-refractivity contribution in [3.8, 4) is 5.75 Å². The highest BCUT2D eigenvalue weighted by atomic mass is 19.4. The van der Waals surface area contributed by atoms with Crippen LogP contribution in [0.4, 0.5) is 23.7 Å². The van der Waals surface area contributed by atoms with Gasteiger partial charge < -0.3 is 24.1 Å². The Morgan fingerprint density at radius 3 is 2.50 bits per heavy atom. The minimum atomic E-state index is -4.67. The maximum absolute atomic E-state index is 13.0. The molecule has 0 aliphatic carbocycles. The average Bonchev–Trinajstić information content (AvgIpc) is 3.13. The Bertz CT molecular complexity index is 1290. The number of nitrogens with one attached hydrogen (secondary N) is 1. The lowest BCUT2D eigenvalue weighted by atomic mass is 9.98. The van der Waals surface area contributed by atoms with Gasteiger partial charge in [0.2, 0.25) is 0 Å². The summed E-state index contributed by atoms with van der Waals surface area (Å²) in [5.41, 5.74) is -0.557. The number of carbonyl (C=O) groups excluding carboxylic acids is 2. The molecule has 0 bridgehead atoms. The maximum Gasteiger partial charge on any atom is 0.433 e. The highest BCUT2D eigenvalue weighted by Crippen LogP contribution is 2.32. The molecular formula is C24H26F3N5O4. The Kier molecular flexibility index (Phi) is 6.54. The van der Waals surface area contributed by atoms with Crippen LogP contribution in [0.25, 0.3) is 5.65 Å². The van der Waals surface area contributed by atoms with E-state index in [9.17, 15) is 22.8 Å². The molecule has 1 N–H and O–H groups in total. The molecule has 36 heavy (non-hydrogen) atoms. The Balaban J connectivity index is 1.53. The SMILES string of the molecule is CCOc1cc2nc(C3CN(C(=O)OC(C)(C)C)C3)cn2cc1NC(=O)c1cccc(C(F)(F)F)n1. The van der Waals surface area contributed by atoms with Crippen molar-refractivity contribution in [2.45, 2.75) is 45.4 Å². The highest BCUT2D eigenvalue weighted by Gasteiger charge is 2.36. The number of anilines is 1. The summed E-state index contributed by atoms with van der Waals surface area (Å²) in [6.45, 7) is 8.39. The van der Waals surface area contributed by atoms with Gasteiger partial charge in [0.1, 0.15) is 34.1 Å². The second-order valence-electron chi connectivity index (χ2n) is 9.36. The lowest BCUT2D eigenvalue weighted by Crippen LogP contribution is -2.50. The topological polar surface area (TPSA) is 98.1 Å². The van der Waals surface area contributed by atoms with Gasteiger partial charge in [0.15, 0.2) is 0 Å². The van der Waals surface area contributed by atoms with Gasteiger partial charge in [0, 0.05) is 37.5 Å². The van der Waals surface area contributed by atoms with E-state index in [-0.39, 0.29) is 23.4 Å². The Morgan fingerprint density at radius 1 is 1.14 bits per heavy atom. The summed E-state index contributed by atoms with van der Waals surface area (Å²) in [7, 11) is 0. The second kappa shape index (κ2) is 9.32. The fourth-order valence-corrected chi connectivity index (χ4v) is 3.65. The maximum atomic E-state index is 13.0. The first kappa shape index (κ1) is 25.3. The largest absolute Gasteiger partial charge is 0.491 e. The lowest BCUT2D eigenvalue weighted by molar-refractivity contribution is -0.141. The zero-order valence-corrected chi connectivity index (χ0v) is 20.2. The summed E-state index contributed by atoms with van der Waals surface area (Å²) in [6, 6.07) is 4.75. The first-order valence-corrected chi connectivity index (χ1v) is 11.3. The molecule has 12 heteroatoms. The number of aromatic nitrogens is 3. The summed E-state index contributed by atoms with van der Waals surface area (Å²) in [6.07, 6.45) is -1.69. The lowest BCUT2D eigenvalue weighted by Gasteiger charge is -2.38. The van der Waals surface area contributed by atoms with Crippen molar-refractivity contribution in [2.75, 3.05) is 25.0 Å². The van der Waals surface area contributed by atoms with Crippen LogP contribution in [-0.4, -0.2) is 56.6 Å². The standard InChI is InChI=1S/C24H26F3N5O4/c1-5-35-18-9-20-29-16(14-10-32(11-14)22(34)36-23(2,3)4)12-31(20)13-17(18)30-21(33)15-7-6-8-19(28-15)24(25,26)27/h6-9,12-14H,5,10-11H2,1-4H3,(H,30,33). The van der Waals surface area contributed by atoms with E-state index in [1.165, 1.54) is 6.07 Å². The number of alkyl halides is 3. The molecule has 3 aromatic rings. The average molecular weight is 505 g/mol. The molecule has 1 saturated heterocycles. The Hall–Kier alpha value is -3.83. The van der Waals surface area contributed by atoms with Gasteiger partial charge in [0.05, 0.1) is 12.3 Å². The molecular weight excluding hydrogens is 479 g/mol. The minimum Gasteiger partial charge on any atom is -0.491 e. The molecule has 0 aromatic carbocycles. The predicted molar refractivity (Wildman–Crippen MR) is 124 cm³/mol. The van der Waals surface area contributed by atoms with E-state index in [4.69, 9.17) is 9.47 Å². The molecule has 192 valence electrons. The van der Waals surface area contributed by atoms with Gasteiger partial charge in [-0.25, -0.2) is 14.8 Å². The highest BCUT2D eigenvalue weighted by molar-refractivity contribution is 6.03. The Labute approximate surface area is 205 Å². The van der Waals surface area contributed by atoms with Crippen molar-refractivity contribution in [3.63, 3.8) is 0 Å². The summed E-state index contributed by atoms with van der Waals surface area (Å²) in [5.74, 6) is -0.486. The van der Waals surface area contributed by atoms with Crippen molar-refractivity contribution in [1.82, 2.24) is 19.3 Å². The molecule has 1 aliphatic heterocycles. The first-order chi connectivity index (χ1) is 16.8. The van der Waals surface area contributed by atoms with E-state index in [1.807, 2.05) is 0 Å². The van der Waals surface area contributed by atoms with E-state index in [0.29, 0.717) is 31.1 Å². The monoisotopic (exact) mass is 505 g/mol. The molecule has 4 heterocycles. The van der Waals surface area contributed by atoms with Gasteiger partial charge >= 0.3 is 12.3 Å². The molecule has 0 spiro atoms. The second-order valence-corrected chi connectivity index (χ2v) is 9.36. The van der Waals surface area contributed by atoms with Crippen LogP contribution in [0.5, 0.6) is 5.75 Å². The third kappa shape index (κ3) is 5.52.